The van der Waals surface area contributed by atoms with E-state index in [1.165, 1.54) is 0 Å². The largest absolute Gasteiger partial charge is 0.394 e. The van der Waals surface area contributed by atoms with Crippen LogP contribution in [0.3, 0.4) is 0 Å². The summed E-state index contributed by atoms with van der Waals surface area (Å²) in [5.41, 5.74) is 6.82. The first-order chi connectivity index (χ1) is 6.07. The first-order valence-electron chi connectivity index (χ1n) is 4.20. The van der Waals surface area contributed by atoms with Gasteiger partial charge in [-0.1, -0.05) is 13.8 Å². The van der Waals surface area contributed by atoms with Gasteiger partial charge in [-0.25, -0.2) is 4.68 Å². The lowest BCUT2D eigenvalue weighted by atomic mass is 10.1. The van der Waals surface area contributed by atoms with Gasteiger partial charge in [-0.15, -0.1) is 0 Å². The molecule has 4 nitrogen and oxygen atoms in total. The van der Waals surface area contributed by atoms with E-state index in [4.69, 9.17) is 10.8 Å². The van der Waals surface area contributed by atoms with Crippen molar-refractivity contribution in [2.45, 2.75) is 26.3 Å². The Bertz CT molecular complexity index is 296. The molecule has 0 aliphatic rings. The Balaban J connectivity index is 3.05. The van der Waals surface area contributed by atoms with E-state index in [9.17, 15) is 0 Å². The van der Waals surface area contributed by atoms with Crippen LogP contribution in [0.2, 0.25) is 0 Å². The van der Waals surface area contributed by atoms with E-state index < -0.39 is 0 Å². The van der Waals surface area contributed by atoms with Gasteiger partial charge in [-0.2, -0.15) is 5.10 Å². The number of anilines is 1. The summed E-state index contributed by atoms with van der Waals surface area (Å²) in [5, 5.41) is 13.1. The lowest BCUT2D eigenvalue weighted by Crippen LogP contribution is -2.08. The summed E-state index contributed by atoms with van der Waals surface area (Å²) in [6.45, 7) is 4.69. The Hall–Kier alpha value is -0.300. The van der Waals surface area contributed by atoms with Gasteiger partial charge in [0, 0.05) is 0 Å². The van der Waals surface area contributed by atoms with Gasteiger partial charge in [-0.05, 0) is 28.5 Å². The normalized spacial score (nSPS) is 11.2. The Labute approximate surface area is 91.3 Å². The zero-order valence-electron chi connectivity index (χ0n) is 7.79. The van der Waals surface area contributed by atoms with Crippen LogP contribution < -0.4 is 5.73 Å². The van der Waals surface area contributed by atoms with Gasteiger partial charge in [0.25, 0.3) is 0 Å². The number of hydrogen-bond donors (Lipinski definition) is 2. The van der Waals surface area contributed by atoms with E-state index in [1.807, 2.05) is 0 Å². The molecule has 0 saturated heterocycles. The minimum atomic E-state index is 0.0689. The molecule has 1 aromatic heterocycles. The molecule has 5 heteroatoms. The van der Waals surface area contributed by atoms with Crippen molar-refractivity contribution in [1.82, 2.24) is 9.78 Å². The van der Waals surface area contributed by atoms with Crippen LogP contribution >= 0.6 is 22.6 Å². The summed E-state index contributed by atoms with van der Waals surface area (Å²) in [6.07, 6.45) is 0. The van der Waals surface area contributed by atoms with Crippen molar-refractivity contribution in [2.24, 2.45) is 0 Å². The fourth-order valence-electron chi connectivity index (χ4n) is 1.11. The number of rotatable bonds is 3. The lowest BCUT2D eigenvalue weighted by molar-refractivity contribution is 0.270. The highest BCUT2D eigenvalue weighted by Gasteiger charge is 2.14. The maximum atomic E-state index is 8.76. The maximum absolute atomic E-state index is 8.76. The van der Waals surface area contributed by atoms with Crippen LogP contribution in [0.1, 0.15) is 25.5 Å². The molecular formula is C8H14IN3O. The van der Waals surface area contributed by atoms with Gasteiger partial charge in [0.05, 0.1) is 22.4 Å². The number of aromatic nitrogens is 2. The topological polar surface area (TPSA) is 64.1 Å². The summed E-state index contributed by atoms with van der Waals surface area (Å²) in [7, 11) is 0. The van der Waals surface area contributed by atoms with E-state index in [0.29, 0.717) is 18.3 Å². The molecule has 0 bridgehead atoms. The molecule has 74 valence electrons. The second-order valence-corrected chi connectivity index (χ2v) is 4.26. The minimum absolute atomic E-state index is 0.0689. The van der Waals surface area contributed by atoms with E-state index in [-0.39, 0.29) is 6.61 Å². The number of hydrogen-bond acceptors (Lipinski definition) is 3. The van der Waals surface area contributed by atoms with Gasteiger partial charge in [0.2, 0.25) is 0 Å². The Morgan fingerprint density at radius 2 is 2.23 bits per heavy atom. The van der Waals surface area contributed by atoms with Crippen LogP contribution in [0.15, 0.2) is 0 Å². The van der Waals surface area contributed by atoms with E-state index in [2.05, 4.69) is 41.5 Å². The molecule has 0 unspecified atom stereocenters. The molecule has 0 radical (unpaired) electrons. The standard InChI is InChI=1S/C8H14IN3O/c1-5(2)7-6(9)8(10)12(11-7)3-4-13/h5,13H,3-4,10H2,1-2H3. The van der Waals surface area contributed by atoms with Crippen molar-refractivity contribution in [1.29, 1.82) is 0 Å². The Morgan fingerprint density at radius 3 is 2.62 bits per heavy atom. The zero-order valence-corrected chi connectivity index (χ0v) is 9.95. The minimum Gasteiger partial charge on any atom is -0.394 e. The number of nitrogens with zero attached hydrogens (tertiary/aromatic N) is 2. The van der Waals surface area contributed by atoms with Crippen LogP contribution in [0, 0.1) is 3.57 Å². The zero-order chi connectivity index (χ0) is 10.0. The fraction of sp³-hybridized carbons (Fsp3) is 0.625. The summed E-state index contributed by atoms with van der Waals surface area (Å²) in [5.74, 6) is 1.02. The molecule has 0 fully saturated rings. The third-order valence-electron chi connectivity index (χ3n) is 1.81. The summed E-state index contributed by atoms with van der Waals surface area (Å²) >= 11 is 2.19. The number of halogens is 1. The molecule has 0 aromatic carbocycles. The first kappa shape index (κ1) is 10.8. The van der Waals surface area contributed by atoms with Crippen molar-refractivity contribution in [3.8, 4) is 0 Å². The van der Waals surface area contributed by atoms with Crippen molar-refractivity contribution in [3.63, 3.8) is 0 Å². The van der Waals surface area contributed by atoms with Gasteiger partial charge in [0.1, 0.15) is 5.82 Å². The highest BCUT2D eigenvalue weighted by Crippen LogP contribution is 2.24. The van der Waals surface area contributed by atoms with E-state index in [1.54, 1.807) is 4.68 Å². The molecule has 1 rings (SSSR count). The number of aliphatic hydroxyl groups excluding tert-OH is 1. The molecule has 0 aliphatic carbocycles. The Kier molecular flexibility index (Phi) is 3.55. The molecule has 0 aliphatic heterocycles. The van der Waals surface area contributed by atoms with E-state index in [0.717, 1.165) is 9.26 Å². The second kappa shape index (κ2) is 4.28. The summed E-state index contributed by atoms with van der Waals surface area (Å²) in [6, 6.07) is 0. The number of aliphatic hydroxyl groups is 1. The smallest absolute Gasteiger partial charge is 0.135 e. The highest BCUT2D eigenvalue weighted by atomic mass is 127. The van der Waals surface area contributed by atoms with Crippen molar-refractivity contribution < 1.29 is 5.11 Å². The van der Waals surface area contributed by atoms with Crippen LogP contribution in [0.5, 0.6) is 0 Å². The first-order valence-corrected chi connectivity index (χ1v) is 5.28. The average molecular weight is 295 g/mol. The van der Waals surface area contributed by atoms with Crippen molar-refractivity contribution >= 4 is 28.4 Å². The van der Waals surface area contributed by atoms with Gasteiger partial charge < -0.3 is 10.8 Å². The molecule has 3 N–H and O–H groups in total. The molecule has 13 heavy (non-hydrogen) atoms. The SMILES string of the molecule is CC(C)c1nn(CCO)c(N)c1I. The molecular weight excluding hydrogens is 281 g/mol. The van der Waals surface area contributed by atoms with Gasteiger partial charge in [-0.3, -0.25) is 0 Å². The highest BCUT2D eigenvalue weighted by molar-refractivity contribution is 14.1. The van der Waals surface area contributed by atoms with Gasteiger partial charge >= 0.3 is 0 Å². The number of nitrogens with two attached hydrogens (primary N) is 1. The van der Waals surface area contributed by atoms with Crippen LogP contribution in [0.4, 0.5) is 5.82 Å². The third kappa shape index (κ3) is 2.14. The third-order valence-corrected chi connectivity index (χ3v) is 2.92. The second-order valence-electron chi connectivity index (χ2n) is 3.19. The van der Waals surface area contributed by atoms with E-state index >= 15 is 0 Å². The molecule has 0 amide bonds. The summed E-state index contributed by atoms with van der Waals surface area (Å²) < 4.78 is 2.65. The van der Waals surface area contributed by atoms with Crippen LogP contribution in [-0.4, -0.2) is 21.5 Å². The average Bonchev–Trinajstić information content (AvgIpc) is 2.33. The predicted octanol–water partition coefficient (Wildman–Crippen LogP) is 1.19. The molecule has 1 heterocycles. The fourth-order valence-corrected chi connectivity index (χ4v) is 2.12. The van der Waals surface area contributed by atoms with Crippen LogP contribution in [-0.2, 0) is 6.54 Å². The predicted molar refractivity (Wildman–Crippen MR) is 60.5 cm³/mol. The number of nitrogen functional groups attached to an aromatic ring is 1. The van der Waals surface area contributed by atoms with Crippen LogP contribution in [0.25, 0.3) is 0 Å². The molecule has 0 saturated carbocycles. The lowest BCUT2D eigenvalue weighted by Gasteiger charge is -1.99. The maximum Gasteiger partial charge on any atom is 0.135 e. The molecule has 0 spiro atoms. The molecule has 0 atom stereocenters. The van der Waals surface area contributed by atoms with Crippen molar-refractivity contribution in [2.75, 3.05) is 12.3 Å². The quantitative estimate of drug-likeness (QED) is 0.823. The van der Waals surface area contributed by atoms with Crippen molar-refractivity contribution in [3.05, 3.63) is 9.26 Å². The summed E-state index contributed by atoms with van der Waals surface area (Å²) in [4.78, 5) is 0. The monoisotopic (exact) mass is 295 g/mol. The Morgan fingerprint density at radius 1 is 1.62 bits per heavy atom. The van der Waals surface area contributed by atoms with Gasteiger partial charge in [0.15, 0.2) is 0 Å². The molecule has 1 aromatic rings.